The van der Waals surface area contributed by atoms with Crippen LogP contribution in [-0.4, -0.2) is 45.4 Å². The van der Waals surface area contributed by atoms with E-state index in [0.29, 0.717) is 12.1 Å². The molecule has 1 amide bonds. The number of aryl methyl sites for hydroxylation is 2. The molecule has 0 saturated heterocycles. The lowest BCUT2D eigenvalue weighted by molar-refractivity contribution is 0.0692. The largest absolute Gasteiger partial charge is 0.393 e. The lowest BCUT2D eigenvalue weighted by atomic mass is 10.1. The number of amides is 1. The molecule has 19 heavy (non-hydrogen) atoms. The van der Waals surface area contributed by atoms with Gasteiger partial charge in [0.1, 0.15) is 0 Å². The first-order valence-electron chi connectivity index (χ1n) is 6.99. The highest BCUT2D eigenvalue weighted by molar-refractivity contribution is 5.95. The Bertz CT molecular complexity index is 456. The van der Waals surface area contributed by atoms with Crippen molar-refractivity contribution in [3.8, 4) is 0 Å². The summed E-state index contributed by atoms with van der Waals surface area (Å²) < 4.78 is 1.68. The minimum atomic E-state index is -0.255. The van der Waals surface area contributed by atoms with Crippen LogP contribution in [0.2, 0.25) is 0 Å². The predicted octanol–water partition coefficient (Wildman–Crippen LogP) is 1.22. The van der Waals surface area contributed by atoms with Gasteiger partial charge in [-0.15, -0.1) is 0 Å². The van der Waals surface area contributed by atoms with Gasteiger partial charge in [0.2, 0.25) is 0 Å². The van der Waals surface area contributed by atoms with E-state index in [1.54, 1.807) is 22.8 Å². The van der Waals surface area contributed by atoms with Crippen molar-refractivity contribution in [2.24, 2.45) is 13.0 Å². The van der Waals surface area contributed by atoms with Crippen LogP contribution in [0.3, 0.4) is 0 Å². The summed E-state index contributed by atoms with van der Waals surface area (Å²) in [6.07, 6.45) is 5.20. The van der Waals surface area contributed by atoms with Gasteiger partial charge in [-0.1, -0.05) is 13.3 Å². The van der Waals surface area contributed by atoms with Crippen molar-refractivity contribution in [2.75, 3.05) is 13.6 Å². The van der Waals surface area contributed by atoms with E-state index in [2.05, 4.69) is 5.10 Å². The number of aliphatic hydroxyl groups excluding tert-OH is 1. The van der Waals surface area contributed by atoms with E-state index in [1.165, 1.54) is 0 Å². The van der Waals surface area contributed by atoms with E-state index in [-0.39, 0.29) is 17.9 Å². The first kappa shape index (κ1) is 14.1. The van der Waals surface area contributed by atoms with Gasteiger partial charge in [0.05, 0.1) is 17.4 Å². The van der Waals surface area contributed by atoms with Gasteiger partial charge in [-0.3, -0.25) is 9.48 Å². The zero-order valence-electron chi connectivity index (χ0n) is 12.0. The Hall–Kier alpha value is -1.36. The molecule has 2 atom stereocenters. The van der Waals surface area contributed by atoms with Crippen LogP contribution in [0, 0.1) is 5.92 Å². The lowest BCUT2D eigenvalue weighted by Crippen LogP contribution is -2.34. The monoisotopic (exact) mass is 265 g/mol. The molecule has 1 saturated carbocycles. The molecular formula is C14H23N3O2. The first-order valence-corrected chi connectivity index (χ1v) is 6.99. The van der Waals surface area contributed by atoms with E-state index in [9.17, 15) is 9.90 Å². The molecule has 0 radical (unpaired) electrons. The number of carbonyl (C=O) groups is 1. The molecule has 1 fully saturated rings. The molecule has 1 N–H and O–H groups in total. The van der Waals surface area contributed by atoms with Gasteiger partial charge in [-0.2, -0.15) is 5.10 Å². The summed E-state index contributed by atoms with van der Waals surface area (Å²) in [5.41, 5.74) is 1.52. The maximum Gasteiger partial charge on any atom is 0.257 e. The number of hydrogen-bond donors (Lipinski definition) is 1. The van der Waals surface area contributed by atoms with Crippen molar-refractivity contribution in [1.29, 1.82) is 0 Å². The second kappa shape index (κ2) is 5.74. The number of aliphatic hydroxyl groups is 1. The number of carbonyl (C=O) groups excluding carboxylic acids is 1. The van der Waals surface area contributed by atoms with Gasteiger partial charge >= 0.3 is 0 Å². The molecule has 1 aliphatic rings. The third kappa shape index (κ3) is 2.97. The summed E-state index contributed by atoms with van der Waals surface area (Å²) in [4.78, 5) is 14.1. The van der Waals surface area contributed by atoms with Gasteiger partial charge in [0.25, 0.3) is 5.91 Å². The second-order valence-corrected chi connectivity index (χ2v) is 5.46. The van der Waals surface area contributed by atoms with Crippen molar-refractivity contribution < 1.29 is 9.90 Å². The number of hydrogen-bond acceptors (Lipinski definition) is 3. The van der Waals surface area contributed by atoms with Crippen LogP contribution in [0.5, 0.6) is 0 Å². The molecule has 1 aromatic heterocycles. The standard InChI is InChI=1S/C14H23N3O2/c1-4-12-11(9-17(3)15-12)14(19)16(2)8-10-6-5-7-13(10)18/h9-10,13,18H,4-8H2,1-3H3. The molecule has 2 rings (SSSR count). The fraction of sp³-hybridized carbons (Fsp3) is 0.714. The Balaban J connectivity index is 2.05. The Morgan fingerprint density at radius 1 is 1.58 bits per heavy atom. The molecule has 5 nitrogen and oxygen atoms in total. The maximum absolute atomic E-state index is 12.4. The van der Waals surface area contributed by atoms with Crippen LogP contribution in [0.1, 0.15) is 42.2 Å². The van der Waals surface area contributed by atoms with Crippen molar-refractivity contribution in [1.82, 2.24) is 14.7 Å². The average Bonchev–Trinajstić information content (AvgIpc) is 2.95. The maximum atomic E-state index is 12.4. The van der Waals surface area contributed by atoms with Gasteiger partial charge in [-0.05, 0) is 19.3 Å². The SMILES string of the molecule is CCc1nn(C)cc1C(=O)N(C)CC1CCCC1O. The van der Waals surface area contributed by atoms with Crippen LogP contribution in [0.15, 0.2) is 6.20 Å². The fourth-order valence-electron chi connectivity index (χ4n) is 2.84. The number of aromatic nitrogens is 2. The molecular weight excluding hydrogens is 242 g/mol. The van der Waals surface area contributed by atoms with E-state index in [4.69, 9.17) is 0 Å². The van der Waals surface area contributed by atoms with Gasteiger partial charge in [0, 0.05) is 32.8 Å². The molecule has 0 aromatic carbocycles. The third-order valence-electron chi connectivity index (χ3n) is 3.94. The summed E-state index contributed by atoms with van der Waals surface area (Å²) in [6.45, 7) is 2.62. The summed E-state index contributed by atoms with van der Waals surface area (Å²) in [5, 5.41) is 14.1. The highest BCUT2D eigenvalue weighted by Gasteiger charge is 2.28. The smallest absolute Gasteiger partial charge is 0.257 e. The van der Waals surface area contributed by atoms with Crippen molar-refractivity contribution in [2.45, 2.75) is 38.7 Å². The highest BCUT2D eigenvalue weighted by Crippen LogP contribution is 2.26. The summed E-state index contributed by atoms with van der Waals surface area (Å²) in [7, 11) is 3.64. The predicted molar refractivity (Wildman–Crippen MR) is 72.9 cm³/mol. The molecule has 0 aliphatic heterocycles. The normalized spacial score (nSPS) is 22.7. The van der Waals surface area contributed by atoms with E-state index < -0.39 is 0 Å². The van der Waals surface area contributed by atoms with Crippen LogP contribution >= 0.6 is 0 Å². The first-order chi connectivity index (χ1) is 9.02. The van der Waals surface area contributed by atoms with Gasteiger partial charge in [-0.25, -0.2) is 0 Å². The van der Waals surface area contributed by atoms with Crippen molar-refractivity contribution in [3.05, 3.63) is 17.5 Å². The fourth-order valence-corrected chi connectivity index (χ4v) is 2.84. The minimum Gasteiger partial charge on any atom is -0.393 e. The molecule has 1 heterocycles. The minimum absolute atomic E-state index is 0.00375. The molecule has 2 unspecified atom stereocenters. The Morgan fingerprint density at radius 2 is 2.32 bits per heavy atom. The molecule has 0 spiro atoms. The Kier molecular flexibility index (Phi) is 4.24. The van der Waals surface area contributed by atoms with Crippen molar-refractivity contribution >= 4 is 5.91 Å². The molecule has 106 valence electrons. The second-order valence-electron chi connectivity index (χ2n) is 5.46. The molecule has 0 bridgehead atoms. The summed E-state index contributed by atoms with van der Waals surface area (Å²) >= 11 is 0. The summed E-state index contributed by atoms with van der Waals surface area (Å²) in [6, 6.07) is 0. The van der Waals surface area contributed by atoms with Crippen molar-refractivity contribution in [3.63, 3.8) is 0 Å². The molecule has 1 aromatic rings. The van der Waals surface area contributed by atoms with E-state index in [1.807, 2.05) is 14.0 Å². The number of rotatable bonds is 4. The van der Waals surface area contributed by atoms with Crippen LogP contribution in [0.25, 0.3) is 0 Å². The average molecular weight is 265 g/mol. The Labute approximate surface area is 114 Å². The third-order valence-corrected chi connectivity index (χ3v) is 3.94. The van der Waals surface area contributed by atoms with Crippen LogP contribution < -0.4 is 0 Å². The quantitative estimate of drug-likeness (QED) is 0.890. The lowest BCUT2D eigenvalue weighted by Gasteiger charge is -2.23. The van der Waals surface area contributed by atoms with Gasteiger partial charge in [0.15, 0.2) is 0 Å². The summed E-state index contributed by atoms with van der Waals surface area (Å²) in [5.74, 6) is 0.222. The van der Waals surface area contributed by atoms with Gasteiger partial charge < -0.3 is 10.0 Å². The molecule has 1 aliphatic carbocycles. The zero-order valence-corrected chi connectivity index (χ0v) is 12.0. The topological polar surface area (TPSA) is 58.4 Å². The zero-order chi connectivity index (χ0) is 14.0. The van der Waals surface area contributed by atoms with Crippen LogP contribution in [0.4, 0.5) is 0 Å². The van der Waals surface area contributed by atoms with Crippen LogP contribution in [-0.2, 0) is 13.5 Å². The van der Waals surface area contributed by atoms with E-state index >= 15 is 0 Å². The molecule has 5 heteroatoms. The highest BCUT2D eigenvalue weighted by atomic mass is 16.3. The number of nitrogens with zero attached hydrogens (tertiary/aromatic N) is 3. The van der Waals surface area contributed by atoms with E-state index in [0.717, 1.165) is 31.4 Å². The Morgan fingerprint density at radius 3 is 2.89 bits per heavy atom.